The van der Waals surface area contributed by atoms with Crippen LogP contribution in [0.1, 0.15) is 18.1 Å². The Labute approximate surface area is 117 Å². The van der Waals surface area contributed by atoms with Gasteiger partial charge in [-0.3, -0.25) is 15.6 Å². The number of hydrogen-bond donors (Lipinski definition) is 4. The second-order valence-corrected chi connectivity index (χ2v) is 4.21. The lowest BCUT2D eigenvalue weighted by atomic mass is 10.1. The van der Waals surface area contributed by atoms with Gasteiger partial charge in [-0.05, 0) is 31.0 Å². The van der Waals surface area contributed by atoms with Gasteiger partial charge in [-0.2, -0.15) is 10.4 Å². The van der Waals surface area contributed by atoms with E-state index in [0.29, 0.717) is 11.4 Å². The summed E-state index contributed by atoms with van der Waals surface area (Å²) in [6.07, 6.45) is 0. The quantitative estimate of drug-likeness (QED) is 0.376. The molecule has 1 aromatic rings. The second kappa shape index (κ2) is 6.33. The summed E-state index contributed by atoms with van der Waals surface area (Å²) in [5.41, 5.74) is 10.7. The normalized spacial score (nSPS) is 10.6. The zero-order valence-corrected chi connectivity index (χ0v) is 11.5. The lowest BCUT2D eigenvalue weighted by Gasteiger charge is -2.14. The first-order chi connectivity index (χ1) is 9.36. The van der Waals surface area contributed by atoms with Crippen molar-refractivity contribution in [2.24, 2.45) is 10.8 Å². The number of rotatable bonds is 4. The highest BCUT2D eigenvalue weighted by Gasteiger charge is 2.09. The maximum absolute atomic E-state index is 11.2. The minimum atomic E-state index is -0.410. The predicted octanol–water partition coefficient (Wildman–Crippen LogP) is 1.49. The largest absolute Gasteiger partial charge is 0.382 e. The number of carbonyl (C=O) groups excluding carboxylic acids is 1. The molecular formula is C13H16N6O. The van der Waals surface area contributed by atoms with Crippen LogP contribution in [0, 0.1) is 30.6 Å². The van der Waals surface area contributed by atoms with Crippen molar-refractivity contribution >= 4 is 28.8 Å². The molecule has 0 heterocycles. The molecule has 0 aliphatic carbocycles. The lowest BCUT2D eigenvalue weighted by Crippen LogP contribution is -2.22. The number of aryl methyl sites for hydroxylation is 1. The van der Waals surface area contributed by atoms with Gasteiger partial charge in [0.25, 0.3) is 0 Å². The SMILES string of the molecule is CC(=O)Nc1c(C)ccc(N/N=C(\C#N)C(=N)N)c1C. The van der Waals surface area contributed by atoms with Crippen LogP contribution in [0.4, 0.5) is 11.4 Å². The lowest BCUT2D eigenvalue weighted by molar-refractivity contribution is -0.114. The van der Waals surface area contributed by atoms with Crippen LogP contribution in [-0.4, -0.2) is 17.5 Å². The molecule has 0 saturated carbocycles. The summed E-state index contributed by atoms with van der Waals surface area (Å²) in [6.45, 7) is 5.12. The Hall–Kier alpha value is -2.88. The van der Waals surface area contributed by atoms with Crippen molar-refractivity contribution in [3.63, 3.8) is 0 Å². The molecule has 0 saturated heterocycles. The van der Waals surface area contributed by atoms with Crippen LogP contribution in [-0.2, 0) is 4.79 Å². The fraction of sp³-hybridized carbons (Fsp3) is 0.231. The Morgan fingerprint density at radius 3 is 2.60 bits per heavy atom. The van der Waals surface area contributed by atoms with Crippen LogP contribution in [0.15, 0.2) is 17.2 Å². The van der Waals surface area contributed by atoms with Gasteiger partial charge < -0.3 is 11.1 Å². The van der Waals surface area contributed by atoms with Crippen LogP contribution in [0.5, 0.6) is 0 Å². The zero-order chi connectivity index (χ0) is 15.3. The van der Waals surface area contributed by atoms with Crippen molar-refractivity contribution in [3.05, 3.63) is 23.3 Å². The van der Waals surface area contributed by atoms with Crippen molar-refractivity contribution in [1.82, 2.24) is 0 Å². The van der Waals surface area contributed by atoms with E-state index in [1.165, 1.54) is 6.92 Å². The minimum absolute atomic E-state index is 0.168. The number of nitrogens with one attached hydrogen (secondary N) is 3. The van der Waals surface area contributed by atoms with Gasteiger partial charge in [-0.1, -0.05) is 6.07 Å². The molecular weight excluding hydrogens is 256 g/mol. The molecule has 0 unspecified atom stereocenters. The zero-order valence-electron chi connectivity index (χ0n) is 11.5. The Kier molecular flexibility index (Phi) is 4.81. The summed E-state index contributed by atoms with van der Waals surface area (Å²) in [6, 6.07) is 5.31. The van der Waals surface area contributed by atoms with Crippen molar-refractivity contribution < 1.29 is 4.79 Å². The molecule has 7 heteroatoms. The summed E-state index contributed by atoms with van der Waals surface area (Å²) in [5, 5.41) is 22.4. The number of amides is 1. The highest BCUT2D eigenvalue weighted by molar-refractivity contribution is 6.45. The molecule has 20 heavy (non-hydrogen) atoms. The molecule has 0 atom stereocenters. The fourth-order valence-electron chi connectivity index (χ4n) is 1.60. The summed E-state index contributed by atoms with van der Waals surface area (Å²) >= 11 is 0. The van der Waals surface area contributed by atoms with Crippen molar-refractivity contribution in [1.29, 1.82) is 10.7 Å². The number of benzene rings is 1. The van der Waals surface area contributed by atoms with Gasteiger partial charge in [0.15, 0.2) is 5.84 Å². The summed E-state index contributed by atoms with van der Waals surface area (Å²) in [4.78, 5) is 11.2. The number of nitrogens with two attached hydrogens (primary N) is 1. The van der Waals surface area contributed by atoms with Crippen molar-refractivity contribution in [2.75, 3.05) is 10.7 Å². The smallest absolute Gasteiger partial charge is 0.221 e. The molecule has 5 N–H and O–H groups in total. The number of carbonyl (C=O) groups is 1. The number of amidine groups is 1. The topological polar surface area (TPSA) is 127 Å². The number of anilines is 2. The summed E-state index contributed by atoms with van der Waals surface area (Å²) < 4.78 is 0. The monoisotopic (exact) mass is 272 g/mol. The molecule has 1 rings (SSSR count). The predicted molar refractivity (Wildman–Crippen MR) is 78.8 cm³/mol. The average molecular weight is 272 g/mol. The van der Waals surface area contributed by atoms with Gasteiger partial charge in [0, 0.05) is 12.6 Å². The van der Waals surface area contributed by atoms with Crippen LogP contribution >= 0.6 is 0 Å². The first kappa shape index (κ1) is 15.2. The molecule has 0 radical (unpaired) electrons. The van der Waals surface area contributed by atoms with E-state index in [2.05, 4.69) is 15.8 Å². The van der Waals surface area contributed by atoms with Crippen LogP contribution in [0.3, 0.4) is 0 Å². The third kappa shape index (κ3) is 3.55. The number of nitrogens with zero attached hydrogens (tertiary/aromatic N) is 2. The van der Waals surface area contributed by atoms with Gasteiger partial charge in [0.1, 0.15) is 6.07 Å². The van der Waals surface area contributed by atoms with Gasteiger partial charge in [-0.25, -0.2) is 0 Å². The Balaban J connectivity index is 3.13. The molecule has 0 fully saturated rings. The fourth-order valence-corrected chi connectivity index (χ4v) is 1.60. The van der Waals surface area contributed by atoms with Gasteiger partial charge in [0.2, 0.25) is 11.6 Å². The van der Waals surface area contributed by atoms with Crippen molar-refractivity contribution in [2.45, 2.75) is 20.8 Å². The molecule has 0 bridgehead atoms. The van der Waals surface area contributed by atoms with Gasteiger partial charge >= 0.3 is 0 Å². The molecule has 0 aromatic heterocycles. The summed E-state index contributed by atoms with van der Waals surface area (Å²) in [7, 11) is 0. The average Bonchev–Trinajstić information content (AvgIpc) is 2.37. The van der Waals surface area contributed by atoms with E-state index in [9.17, 15) is 4.79 Å². The van der Waals surface area contributed by atoms with E-state index in [-0.39, 0.29) is 11.6 Å². The first-order valence-corrected chi connectivity index (χ1v) is 5.82. The third-order valence-electron chi connectivity index (χ3n) is 2.62. The molecule has 0 aliphatic heterocycles. The molecule has 0 spiro atoms. The van der Waals surface area contributed by atoms with E-state index in [1.807, 2.05) is 19.9 Å². The van der Waals surface area contributed by atoms with Gasteiger partial charge in [-0.15, -0.1) is 0 Å². The van der Waals surface area contributed by atoms with Gasteiger partial charge in [0.05, 0.1) is 5.69 Å². The molecule has 0 aliphatic rings. The van der Waals surface area contributed by atoms with Crippen LogP contribution in [0.2, 0.25) is 0 Å². The van der Waals surface area contributed by atoms with Crippen molar-refractivity contribution in [3.8, 4) is 6.07 Å². The minimum Gasteiger partial charge on any atom is -0.382 e. The Bertz CT molecular complexity index is 626. The first-order valence-electron chi connectivity index (χ1n) is 5.82. The third-order valence-corrected chi connectivity index (χ3v) is 2.62. The maximum Gasteiger partial charge on any atom is 0.221 e. The van der Waals surface area contributed by atoms with Crippen LogP contribution < -0.4 is 16.5 Å². The van der Waals surface area contributed by atoms with E-state index in [0.717, 1.165) is 11.1 Å². The molecule has 104 valence electrons. The second-order valence-electron chi connectivity index (χ2n) is 4.21. The van der Waals surface area contributed by atoms with Crippen LogP contribution in [0.25, 0.3) is 0 Å². The molecule has 7 nitrogen and oxygen atoms in total. The molecule has 1 amide bonds. The van der Waals surface area contributed by atoms with E-state index >= 15 is 0 Å². The number of hydrazone groups is 1. The Morgan fingerprint density at radius 2 is 2.10 bits per heavy atom. The number of hydrogen-bond acceptors (Lipinski definition) is 5. The Morgan fingerprint density at radius 1 is 1.45 bits per heavy atom. The number of nitriles is 1. The van der Waals surface area contributed by atoms with E-state index in [4.69, 9.17) is 16.4 Å². The highest BCUT2D eigenvalue weighted by Crippen LogP contribution is 2.27. The maximum atomic E-state index is 11.2. The standard InChI is InChI=1S/C13H16N6O/c1-7-4-5-10(8(2)12(7)17-9(3)20)18-19-11(6-14)13(15)16/h4-5,18H,1-3H3,(H3,15,16)(H,17,20)/b19-11+. The highest BCUT2D eigenvalue weighted by atomic mass is 16.1. The molecule has 1 aromatic carbocycles. The van der Waals surface area contributed by atoms with E-state index < -0.39 is 5.84 Å². The van der Waals surface area contributed by atoms with E-state index in [1.54, 1.807) is 12.1 Å². The summed E-state index contributed by atoms with van der Waals surface area (Å²) in [5.74, 6) is -0.579.